The van der Waals surface area contributed by atoms with Gasteiger partial charge in [-0.05, 0) is 70.0 Å². The Bertz CT molecular complexity index is 381. The van der Waals surface area contributed by atoms with E-state index in [2.05, 4.69) is 17.1 Å². The van der Waals surface area contributed by atoms with Crippen molar-refractivity contribution in [3.05, 3.63) is 0 Å². The average Bonchev–Trinajstić information content (AvgIpc) is 3.09. The van der Waals surface area contributed by atoms with Crippen LogP contribution in [0.3, 0.4) is 0 Å². The van der Waals surface area contributed by atoms with Gasteiger partial charge in [0, 0.05) is 6.04 Å². The van der Waals surface area contributed by atoms with Gasteiger partial charge in [0.15, 0.2) is 0 Å². The molecular formula is C17H31N3O. The van der Waals surface area contributed by atoms with E-state index in [0.717, 1.165) is 25.8 Å². The topological polar surface area (TPSA) is 58.4 Å². The van der Waals surface area contributed by atoms with Crippen molar-refractivity contribution in [1.29, 1.82) is 0 Å². The molecule has 0 aromatic rings. The predicted molar refractivity (Wildman–Crippen MR) is 84.9 cm³/mol. The van der Waals surface area contributed by atoms with E-state index in [1.54, 1.807) is 0 Å². The van der Waals surface area contributed by atoms with Gasteiger partial charge in [0.05, 0.1) is 5.54 Å². The lowest BCUT2D eigenvalue weighted by molar-refractivity contribution is -0.124. The van der Waals surface area contributed by atoms with Gasteiger partial charge in [0.1, 0.15) is 0 Å². The molecule has 3 fully saturated rings. The summed E-state index contributed by atoms with van der Waals surface area (Å²) in [4.78, 5) is 14.5. The second-order valence-corrected chi connectivity index (χ2v) is 7.62. The van der Waals surface area contributed by atoms with Gasteiger partial charge in [0.2, 0.25) is 5.91 Å². The van der Waals surface area contributed by atoms with Crippen molar-refractivity contribution in [3.63, 3.8) is 0 Å². The quantitative estimate of drug-likeness (QED) is 0.834. The highest BCUT2D eigenvalue weighted by molar-refractivity contribution is 5.85. The van der Waals surface area contributed by atoms with Crippen LogP contribution in [-0.4, -0.2) is 42.0 Å². The summed E-state index contributed by atoms with van der Waals surface area (Å²) in [5, 5.41) is 3.37. The Kier molecular flexibility index (Phi) is 4.28. The van der Waals surface area contributed by atoms with Gasteiger partial charge in [-0.1, -0.05) is 19.8 Å². The molecule has 1 heterocycles. The van der Waals surface area contributed by atoms with Gasteiger partial charge in [-0.3, -0.25) is 4.79 Å². The summed E-state index contributed by atoms with van der Waals surface area (Å²) < 4.78 is 0. The fourth-order valence-electron chi connectivity index (χ4n) is 5.13. The fraction of sp³-hybridized carbons (Fsp3) is 0.941. The summed E-state index contributed by atoms with van der Waals surface area (Å²) >= 11 is 0. The average molecular weight is 293 g/mol. The van der Waals surface area contributed by atoms with Crippen molar-refractivity contribution in [3.8, 4) is 0 Å². The molecule has 3 rings (SSSR count). The molecule has 1 saturated heterocycles. The van der Waals surface area contributed by atoms with E-state index in [0.29, 0.717) is 11.5 Å². The molecule has 0 aromatic heterocycles. The van der Waals surface area contributed by atoms with Crippen molar-refractivity contribution >= 4 is 5.91 Å². The van der Waals surface area contributed by atoms with E-state index >= 15 is 0 Å². The van der Waals surface area contributed by atoms with Crippen molar-refractivity contribution in [2.24, 2.45) is 11.1 Å². The third-order valence-electron chi connectivity index (χ3n) is 6.51. The van der Waals surface area contributed by atoms with Crippen LogP contribution in [0.4, 0.5) is 0 Å². The molecule has 21 heavy (non-hydrogen) atoms. The summed E-state index contributed by atoms with van der Waals surface area (Å²) in [5.74, 6) is -0.156. The van der Waals surface area contributed by atoms with Crippen molar-refractivity contribution in [2.45, 2.75) is 76.3 Å². The van der Waals surface area contributed by atoms with Gasteiger partial charge in [0.25, 0.3) is 0 Å². The van der Waals surface area contributed by atoms with Crippen molar-refractivity contribution in [1.82, 2.24) is 10.2 Å². The number of nitrogens with one attached hydrogen (secondary N) is 1. The third-order valence-corrected chi connectivity index (χ3v) is 6.51. The monoisotopic (exact) mass is 293 g/mol. The van der Waals surface area contributed by atoms with Crippen molar-refractivity contribution < 1.29 is 4.79 Å². The highest BCUT2D eigenvalue weighted by Gasteiger charge is 2.46. The number of nitrogens with two attached hydrogens (primary N) is 1. The molecule has 1 amide bonds. The normalized spacial score (nSPS) is 36.3. The minimum absolute atomic E-state index is 0.156. The number of carbonyl (C=O) groups is 1. The first-order chi connectivity index (χ1) is 10.1. The van der Waals surface area contributed by atoms with E-state index in [-0.39, 0.29) is 5.91 Å². The smallest absolute Gasteiger partial charge is 0.237 e. The zero-order valence-electron chi connectivity index (χ0n) is 13.5. The number of rotatable bonds is 4. The van der Waals surface area contributed by atoms with Crippen LogP contribution in [0.2, 0.25) is 0 Å². The Balaban J connectivity index is 1.58. The molecule has 0 bridgehead atoms. The van der Waals surface area contributed by atoms with E-state index < -0.39 is 5.54 Å². The lowest BCUT2D eigenvalue weighted by atomic mass is 9.76. The largest absolute Gasteiger partial charge is 0.368 e. The minimum atomic E-state index is -0.443. The molecule has 3 aliphatic rings. The van der Waals surface area contributed by atoms with Gasteiger partial charge in [-0.15, -0.1) is 0 Å². The number of likely N-dealkylation sites (tertiary alicyclic amines) is 1. The lowest BCUT2D eigenvalue weighted by Crippen LogP contribution is -2.55. The molecule has 0 aromatic carbocycles. The second-order valence-electron chi connectivity index (χ2n) is 7.62. The molecule has 1 aliphatic heterocycles. The Labute approximate surface area is 128 Å². The maximum atomic E-state index is 11.9. The van der Waals surface area contributed by atoms with Crippen LogP contribution in [0.1, 0.15) is 64.7 Å². The fourth-order valence-corrected chi connectivity index (χ4v) is 5.13. The summed E-state index contributed by atoms with van der Waals surface area (Å²) in [6.45, 7) is 5.33. The van der Waals surface area contributed by atoms with Gasteiger partial charge >= 0.3 is 0 Å². The molecule has 1 spiro atoms. The van der Waals surface area contributed by atoms with Crippen molar-refractivity contribution in [2.75, 3.05) is 19.6 Å². The summed E-state index contributed by atoms with van der Waals surface area (Å²) in [6.07, 6.45) is 11.4. The highest BCUT2D eigenvalue weighted by Crippen LogP contribution is 2.47. The Morgan fingerprint density at radius 2 is 1.86 bits per heavy atom. The molecule has 4 heteroatoms. The van der Waals surface area contributed by atoms with Gasteiger partial charge < -0.3 is 16.0 Å². The maximum Gasteiger partial charge on any atom is 0.237 e. The van der Waals surface area contributed by atoms with Gasteiger partial charge in [-0.2, -0.15) is 0 Å². The van der Waals surface area contributed by atoms with Crippen LogP contribution in [0.15, 0.2) is 0 Å². The SMILES string of the molecule is CCNC1(C(N)=O)CCC(N2CCC3(CCCC3)CC2)C1. The standard InChI is InChI=1S/C17H31N3O/c1-2-19-17(15(18)21)8-5-14(13-17)20-11-9-16(10-12-20)6-3-4-7-16/h14,19H,2-13H2,1H3,(H2,18,21). The minimum Gasteiger partial charge on any atom is -0.368 e. The Morgan fingerprint density at radius 3 is 2.43 bits per heavy atom. The first-order valence-electron chi connectivity index (χ1n) is 8.88. The molecule has 4 nitrogen and oxygen atoms in total. The van der Waals surface area contributed by atoms with Crippen LogP contribution >= 0.6 is 0 Å². The van der Waals surface area contributed by atoms with E-state index in [1.807, 2.05) is 0 Å². The molecule has 0 radical (unpaired) electrons. The maximum absolute atomic E-state index is 11.9. The Morgan fingerprint density at radius 1 is 1.19 bits per heavy atom. The molecular weight excluding hydrogens is 262 g/mol. The summed E-state index contributed by atoms with van der Waals surface area (Å²) in [6, 6.07) is 0.551. The molecule has 2 saturated carbocycles. The van der Waals surface area contributed by atoms with Crippen LogP contribution in [0.5, 0.6) is 0 Å². The second kappa shape index (κ2) is 5.88. The summed E-state index contributed by atoms with van der Waals surface area (Å²) in [7, 11) is 0. The molecule has 120 valence electrons. The zero-order valence-corrected chi connectivity index (χ0v) is 13.5. The lowest BCUT2D eigenvalue weighted by Gasteiger charge is -2.42. The van der Waals surface area contributed by atoms with Crippen LogP contribution in [-0.2, 0) is 4.79 Å². The van der Waals surface area contributed by atoms with Gasteiger partial charge in [-0.25, -0.2) is 0 Å². The number of hydrogen-bond donors (Lipinski definition) is 2. The molecule has 3 N–H and O–H groups in total. The number of hydrogen-bond acceptors (Lipinski definition) is 3. The van der Waals surface area contributed by atoms with E-state index in [9.17, 15) is 4.79 Å². The summed E-state index contributed by atoms with van der Waals surface area (Å²) in [5.41, 5.74) is 5.92. The zero-order chi connectivity index (χ0) is 14.9. The van der Waals surface area contributed by atoms with Crippen LogP contribution in [0.25, 0.3) is 0 Å². The number of amides is 1. The van der Waals surface area contributed by atoms with Crippen LogP contribution < -0.4 is 11.1 Å². The number of likely N-dealkylation sites (N-methyl/N-ethyl adjacent to an activating group) is 1. The van der Waals surface area contributed by atoms with E-state index in [4.69, 9.17) is 5.73 Å². The number of nitrogens with zero attached hydrogens (tertiary/aromatic N) is 1. The predicted octanol–water partition coefficient (Wildman–Crippen LogP) is 2.03. The third kappa shape index (κ3) is 2.85. The first-order valence-corrected chi connectivity index (χ1v) is 8.88. The number of carbonyl (C=O) groups excluding carboxylic acids is 1. The molecule has 2 atom stereocenters. The number of piperidine rings is 1. The molecule has 2 aliphatic carbocycles. The van der Waals surface area contributed by atoms with E-state index in [1.165, 1.54) is 51.6 Å². The molecule has 2 unspecified atom stereocenters. The Hall–Kier alpha value is -0.610. The van der Waals surface area contributed by atoms with Crippen LogP contribution in [0, 0.1) is 5.41 Å². The first kappa shape index (κ1) is 15.3. The highest BCUT2D eigenvalue weighted by atomic mass is 16.1. The number of primary amides is 1.